The van der Waals surface area contributed by atoms with E-state index in [4.69, 9.17) is 9.47 Å². The molecule has 174 valence electrons. The molecule has 2 aromatic rings. The molecule has 0 spiro atoms. The lowest BCUT2D eigenvalue weighted by Gasteiger charge is -2.49. The first-order valence-corrected chi connectivity index (χ1v) is 10.0. The van der Waals surface area contributed by atoms with Gasteiger partial charge < -0.3 is 9.47 Å². The highest BCUT2D eigenvalue weighted by Gasteiger charge is 2.48. The van der Waals surface area contributed by atoms with Crippen molar-refractivity contribution in [3.8, 4) is 0 Å². The van der Waals surface area contributed by atoms with Crippen molar-refractivity contribution in [2.75, 3.05) is 13.2 Å². The van der Waals surface area contributed by atoms with Gasteiger partial charge in [0.2, 0.25) is 0 Å². The second-order valence-corrected chi connectivity index (χ2v) is 8.47. The highest BCUT2D eigenvalue weighted by atomic mass is 19.4. The van der Waals surface area contributed by atoms with Gasteiger partial charge in [0.15, 0.2) is 0 Å². The van der Waals surface area contributed by atoms with Gasteiger partial charge in [-0.05, 0) is 17.7 Å². The Kier molecular flexibility index (Phi) is 6.77. The maximum absolute atomic E-state index is 13.3. The molecule has 1 aliphatic carbocycles. The predicted octanol–water partition coefficient (Wildman–Crippen LogP) is 7.04. The molecule has 0 radical (unpaired) electrons. The number of rotatable bonds is 8. The monoisotopic (exact) mass is 458 g/mol. The SMILES string of the molecule is C[C@@]1(COCc2ccccc2)C=C[C@]1(C)COCc1c(C(F)(F)F)cccc1C(F)(F)F. The topological polar surface area (TPSA) is 18.5 Å². The molecule has 32 heavy (non-hydrogen) atoms. The van der Waals surface area contributed by atoms with Crippen molar-refractivity contribution < 1.29 is 35.8 Å². The summed E-state index contributed by atoms with van der Waals surface area (Å²) in [4.78, 5) is 0. The van der Waals surface area contributed by atoms with Crippen LogP contribution in [-0.2, 0) is 35.0 Å². The van der Waals surface area contributed by atoms with Crippen LogP contribution < -0.4 is 0 Å². The first-order valence-electron chi connectivity index (χ1n) is 10.0. The molecule has 0 fully saturated rings. The summed E-state index contributed by atoms with van der Waals surface area (Å²) in [6.45, 7) is 3.67. The molecule has 8 heteroatoms. The molecule has 2 atom stereocenters. The summed E-state index contributed by atoms with van der Waals surface area (Å²) in [5, 5.41) is 0. The van der Waals surface area contributed by atoms with Gasteiger partial charge in [-0.1, -0.05) is 62.4 Å². The summed E-state index contributed by atoms with van der Waals surface area (Å²) in [6, 6.07) is 11.6. The van der Waals surface area contributed by atoms with E-state index in [-0.39, 0.29) is 6.61 Å². The first-order chi connectivity index (χ1) is 14.9. The highest BCUT2D eigenvalue weighted by Crippen LogP contribution is 2.50. The van der Waals surface area contributed by atoms with Crippen LogP contribution in [0.25, 0.3) is 0 Å². The van der Waals surface area contributed by atoms with Gasteiger partial charge in [-0.25, -0.2) is 0 Å². The van der Waals surface area contributed by atoms with E-state index in [1.807, 2.05) is 56.3 Å². The third kappa shape index (κ3) is 5.18. The minimum absolute atomic E-state index is 0.0435. The average Bonchev–Trinajstić information content (AvgIpc) is 2.72. The summed E-state index contributed by atoms with van der Waals surface area (Å²) >= 11 is 0. The van der Waals surface area contributed by atoms with Gasteiger partial charge in [0.1, 0.15) is 0 Å². The summed E-state index contributed by atoms with van der Waals surface area (Å²) in [5.41, 5.74) is -3.62. The number of alkyl halides is 6. The summed E-state index contributed by atoms with van der Waals surface area (Å²) < 4.78 is 91.1. The van der Waals surface area contributed by atoms with Crippen LogP contribution in [0.1, 0.15) is 36.1 Å². The number of hydrogen-bond acceptors (Lipinski definition) is 2. The standard InChI is InChI=1S/C24H24F6O2/c1-21(15-31-13-17-7-4-3-5-8-17)11-12-22(21,2)16-32-14-18-19(23(25,26)27)9-6-10-20(18)24(28,29)30/h3-12H,13-16H2,1-2H3/t21-,22+/m0/s1. The van der Waals surface area contributed by atoms with Crippen LogP contribution >= 0.6 is 0 Å². The zero-order valence-electron chi connectivity index (χ0n) is 17.7. The van der Waals surface area contributed by atoms with Crippen LogP contribution in [0.3, 0.4) is 0 Å². The minimum Gasteiger partial charge on any atom is -0.376 e. The fourth-order valence-electron chi connectivity index (χ4n) is 3.67. The summed E-state index contributed by atoms with van der Waals surface area (Å²) in [7, 11) is 0. The molecule has 3 rings (SSSR count). The van der Waals surface area contributed by atoms with Crippen LogP contribution in [-0.4, -0.2) is 13.2 Å². The van der Waals surface area contributed by atoms with E-state index in [0.717, 1.165) is 11.6 Å². The Hall–Kier alpha value is -2.32. The summed E-state index contributed by atoms with van der Waals surface area (Å²) in [5.74, 6) is 0. The zero-order chi connectivity index (χ0) is 23.6. The van der Waals surface area contributed by atoms with Gasteiger partial charge in [0.25, 0.3) is 0 Å². The molecule has 0 saturated heterocycles. The Morgan fingerprint density at radius 1 is 0.656 bits per heavy atom. The van der Waals surface area contributed by atoms with Gasteiger partial charge in [0.05, 0.1) is 37.6 Å². The smallest absolute Gasteiger partial charge is 0.376 e. The Labute approximate surface area is 182 Å². The average molecular weight is 458 g/mol. The molecular weight excluding hydrogens is 434 g/mol. The highest BCUT2D eigenvalue weighted by molar-refractivity contribution is 5.38. The van der Waals surface area contributed by atoms with Gasteiger partial charge in [-0.3, -0.25) is 0 Å². The van der Waals surface area contributed by atoms with Crippen LogP contribution in [0.15, 0.2) is 60.7 Å². The molecule has 0 bridgehead atoms. The van der Waals surface area contributed by atoms with E-state index in [1.165, 1.54) is 0 Å². The van der Waals surface area contributed by atoms with Crippen molar-refractivity contribution >= 4 is 0 Å². The van der Waals surface area contributed by atoms with Crippen LogP contribution in [0, 0.1) is 10.8 Å². The van der Waals surface area contributed by atoms with Crippen LogP contribution in [0.5, 0.6) is 0 Å². The van der Waals surface area contributed by atoms with Crippen molar-refractivity contribution in [1.29, 1.82) is 0 Å². The van der Waals surface area contributed by atoms with Crippen LogP contribution in [0.2, 0.25) is 0 Å². The second kappa shape index (κ2) is 8.90. The molecule has 2 nitrogen and oxygen atoms in total. The third-order valence-corrected chi connectivity index (χ3v) is 6.07. The largest absolute Gasteiger partial charge is 0.416 e. The quantitative estimate of drug-likeness (QED) is 0.312. The second-order valence-electron chi connectivity index (χ2n) is 8.47. The Bertz CT molecular complexity index is 919. The van der Waals surface area contributed by atoms with Crippen molar-refractivity contribution in [2.45, 2.75) is 39.4 Å². The lowest BCUT2D eigenvalue weighted by atomic mass is 9.58. The van der Waals surface area contributed by atoms with Crippen molar-refractivity contribution in [2.24, 2.45) is 10.8 Å². The van der Waals surface area contributed by atoms with Gasteiger partial charge in [0, 0.05) is 16.4 Å². The van der Waals surface area contributed by atoms with Gasteiger partial charge >= 0.3 is 12.4 Å². The van der Waals surface area contributed by atoms with Gasteiger partial charge in [-0.2, -0.15) is 26.3 Å². The number of benzene rings is 2. The van der Waals surface area contributed by atoms with E-state index in [1.54, 1.807) is 0 Å². The van der Waals surface area contributed by atoms with Crippen molar-refractivity contribution in [3.05, 3.63) is 82.9 Å². The molecular formula is C24H24F6O2. The lowest BCUT2D eigenvalue weighted by molar-refractivity contribution is -0.146. The van der Waals surface area contributed by atoms with E-state index < -0.39 is 46.5 Å². The number of hydrogen-bond donors (Lipinski definition) is 0. The predicted molar refractivity (Wildman–Crippen MR) is 108 cm³/mol. The normalized spacial score (nSPS) is 23.2. The van der Waals surface area contributed by atoms with Crippen molar-refractivity contribution in [1.82, 2.24) is 0 Å². The fourth-order valence-corrected chi connectivity index (χ4v) is 3.67. The molecule has 0 aliphatic heterocycles. The Balaban J connectivity index is 1.66. The maximum Gasteiger partial charge on any atom is 0.416 e. The maximum atomic E-state index is 13.3. The minimum atomic E-state index is -4.92. The zero-order valence-corrected chi connectivity index (χ0v) is 17.7. The van der Waals surface area contributed by atoms with Crippen LogP contribution in [0.4, 0.5) is 26.3 Å². The molecule has 0 aromatic heterocycles. The molecule has 0 unspecified atom stereocenters. The van der Waals surface area contributed by atoms with Gasteiger partial charge in [-0.15, -0.1) is 0 Å². The number of halogens is 6. The number of ether oxygens (including phenoxy) is 2. The Morgan fingerprint density at radius 2 is 1.12 bits per heavy atom. The molecule has 0 N–H and O–H groups in total. The molecule has 2 aromatic carbocycles. The third-order valence-electron chi connectivity index (χ3n) is 6.07. The van der Waals surface area contributed by atoms with Crippen molar-refractivity contribution in [3.63, 3.8) is 0 Å². The fraction of sp³-hybridized carbons (Fsp3) is 0.417. The van der Waals surface area contributed by atoms with E-state index in [2.05, 4.69) is 0 Å². The molecule has 1 aliphatic rings. The summed E-state index contributed by atoms with van der Waals surface area (Å²) in [6.07, 6.45) is -6.06. The van der Waals surface area contributed by atoms with E-state index in [9.17, 15) is 26.3 Å². The van der Waals surface area contributed by atoms with E-state index >= 15 is 0 Å². The van der Waals surface area contributed by atoms with E-state index in [0.29, 0.717) is 25.3 Å². The Morgan fingerprint density at radius 3 is 1.56 bits per heavy atom. The molecule has 0 saturated carbocycles. The first kappa shape index (κ1) is 24.3. The molecule has 0 amide bonds. The molecule has 0 heterocycles. The lowest BCUT2D eigenvalue weighted by Crippen LogP contribution is -2.47.